The molecule has 2 aromatic rings. The number of carbonyl (C=O) groups excluding carboxylic acids is 1. The lowest BCUT2D eigenvalue weighted by Gasteiger charge is -2.10. The van der Waals surface area contributed by atoms with Crippen LogP contribution in [0.2, 0.25) is 0 Å². The van der Waals surface area contributed by atoms with Crippen LogP contribution in [0.5, 0.6) is 0 Å². The van der Waals surface area contributed by atoms with Crippen LogP contribution in [0.3, 0.4) is 0 Å². The normalized spacial score (nSPS) is 12.7. The van der Waals surface area contributed by atoms with Crippen molar-refractivity contribution in [2.45, 2.75) is 32.9 Å². The fraction of sp³-hybridized carbons (Fsp3) is 0.263. The highest BCUT2D eigenvalue weighted by molar-refractivity contribution is 6.36. The summed E-state index contributed by atoms with van der Waals surface area (Å²) < 4.78 is 5.35. The lowest BCUT2D eigenvalue weighted by atomic mass is 10.1. The summed E-state index contributed by atoms with van der Waals surface area (Å²) in [5, 5.41) is 0. The van der Waals surface area contributed by atoms with Gasteiger partial charge < -0.3 is 4.74 Å². The van der Waals surface area contributed by atoms with Gasteiger partial charge in [-0.2, -0.15) is 0 Å². The summed E-state index contributed by atoms with van der Waals surface area (Å²) in [6, 6.07) is 19.5. The number of esters is 1. The highest BCUT2D eigenvalue weighted by Gasteiger charge is 2.13. The van der Waals surface area contributed by atoms with E-state index in [0.717, 1.165) is 11.1 Å². The molecule has 0 radical (unpaired) electrons. The number of carbonyl (C=O) groups is 1. The molecule has 0 aliphatic rings. The molecule has 0 amide bonds. The first kappa shape index (κ1) is 16.0. The maximum absolute atomic E-state index is 12.2. The van der Waals surface area contributed by atoms with Gasteiger partial charge in [0.1, 0.15) is 12.3 Å². The monoisotopic (exact) mass is 295 g/mol. The van der Waals surface area contributed by atoms with Crippen LogP contribution in [-0.2, 0) is 16.1 Å². The Balaban J connectivity index is 2.00. The Morgan fingerprint density at radius 3 is 2.23 bits per heavy atom. The van der Waals surface area contributed by atoms with Crippen molar-refractivity contribution >= 4 is 11.7 Å². The molecule has 0 spiro atoms. The maximum atomic E-state index is 12.2. The molecule has 0 saturated heterocycles. The van der Waals surface area contributed by atoms with Crippen molar-refractivity contribution in [2.75, 3.05) is 0 Å². The van der Waals surface area contributed by atoms with E-state index in [9.17, 15) is 4.79 Å². The molecule has 2 aromatic carbocycles. The Labute approximate surface area is 131 Å². The summed E-state index contributed by atoms with van der Waals surface area (Å²) in [6.07, 6.45) is 0.560. The predicted octanol–water partition coefficient (Wildman–Crippen LogP) is 4.34. The summed E-state index contributed by atoms with van der Waals surface area (Å²) in [7, 11) is 0. The average Bonchev–Trinajstić information content (AvgIpc) is 2.59. The van der Waals surface area contributed by atoms with E-state index in [1.165, 1.54) is 0 Å². The van der Waals surface area contributed by atoms with Gasteiger partial charge in [0, 0.05) is 0 Å². The molecule has 22 heavy (non-hydrogen) atoms. The third-order valence-electron chi connectivity index (χ3n) is 3.41. The van der Waals surface area contributed by atoms with E-state index in [1.807, 2.05) is 74.5 Å². The maximum Gasteiger partial charge on any atom is 0.352 e. The van der Waals surface area contributed by atoms with E-state index in [1.54, 1.807) is 0 Å². The Hall–Kier alpha value is -2.42. The number of benzene rings is 2. The molecule has 3 nitrogen and oxygen atoms in total. The Morgan fingerprint density at radius 2 is 1.64 bits per heavy atom. The van der Waals surface area contributed by atoms with Gasteiger partial charge in [-0.3, -0.25) is 4.99 Å². The fourth-order valence-electron chi connectivity index (χ4n) is 2.13. The van der Waals surface area contributed by atoms with Crippen LogP contribution in [0.4, 0.5) is 0 Å². The molecule has 0 aromatic heterocycles. The summed E-state index contributed by atoms with van der Waals surface area (Å²) in [6.45, 7) is 4.17. The molecular weight excluding hydrogens is 274 g/mol. The van der Waals surface area contributed by atoms with Crippen molar-refractivity contribution in [1.82, 2.24) is 0 Å². The van der Waals surface area contributed by atoms with Crippen LogP contribution in [0, 0.1) is 0 Å². The molecule has 0 aliphatic carbocycles. The van der Waals surface area contributed by atoms with Gasteiger partial charge in [0.05, 0.1) is 6.04 Å². The van der Waals surface area contributed by atoms with Crippen molar-refractivity contribution in [3.63, 3.8) is 0 Å². The quantitative estimate of drug-likeness (QED) is 0.587. The molecule has 0 N–H and O–H groups in total. The minimum atomic E-state index is -0.339. The lowest BCUT2D eigenvalue weighted by molar-refractivity contribution is -0.136. The van der Waals surface area contributed by atoms with Gasteiger partial charge in [-0.05, 0) is 24.5 Å². The molecule has 0 fully saturated rings. The van der Waals surface area contributed by atoms with E-state index >= 15 is 0 Å². The predicted molar refractivity (Wildman–Crippen MR) is 88.8 cm³/mol. The molecule has 0 heterocycles. The summed E-state index contributed by atoms with van der Waals surface area (Å²) in [5.74, 6) is -0.339. The first-order chi connectivity index (χ1) is 10.7. The van der Waals surface area contributed by atoms with Crippen molar-refractivity contribution in [2.24, 2.45) is 4.99 Å². The first-order valence-electron chi connectivity index (χ1n) is 7.53. The molecule has 114 valence electrons. The van der Waals surface area contributed by atoms with Gasteiger partial charge in [-0.1, -0.05) is 67.6 Å². The van der Waals surface area contributed by atoms with Gasteiger partial charge in [0.2, 0.25) is 0 Å². The standard InChI is InChI=1S/C19H21NO2/c1-3-18(20-15(2)17-12-8-5-9-13-17)19(21)22-14-16-10-6-4-7-11-16/h4-13,15H,3,14H2,1-2H3/t15-/m1/s1. The molecule has 2 rings (SSSR count). The fourth-order valence-corrected chi connectivity index (χ4v) is 2.13. The zero-order chi connectivity index (χ0) is 15.8. The van der Waals surface area contributed by atoms with Gasteiger partial charge in [-0.25, -0.2) is 4.79 Å². The lowest BCUT2D eigenvalue weighted by Crippen LogP contribution is -2.17. The number of nitrogens with zero attached hydrogens (tertiary/aromatic N) is 1. The third-order valence-corrected chi connectivity index (χ3v) is 3.41. The van der Waals surface area contributed by atoms with Crippen molar-refractivity contribution < 1.29 is 9.53 Å². The molecule has 0 saturated carbocycles. The molecule has 0 unspecified atom stereocenters. The van der Waals surface area contributed by atoms with Crippen LogP contribution in [0.25, 0.3) is 0 Å². The zero-order valence-electron chi connectivity index (χ0n) is 13.0. The van der Waals surface area contributed by atoms with Gasteiger partial charge >= 0.3 is 5.97 Å². The largest absolute Gasteiger partial charge is 0.456 e. The third kappa shape index (κ3) is 4.55. The van der Waals surface area contributed by atoms with Crippen LogP contribution >= 0.6 is 0 Å². The number of hydrogen-bond acceptors (Lipinski definition) is 3. The van der Waals surface area contributed by atoms with Gasteiger partial charge in [0.15, 0.2) is 0 Å². The summed E-state index contributed by atoms with van der Waals surface area (Å²) >= 11 is 0. The Bertz CT molecular complexity index is 620. The SMILES string of the molecule is CCC(=N[C@H](C)c1ccccc1)C(=O)OCc1ccccc1. The van der Waals surface area contributed by atoms with E-state index in [2.05, 4.69) is 4.99 Å². The first-order valence-corrected chi connectivity index (χ1v) is 7.53. The number of ether oxygens (including phenoxy) is 1. The second kappa shape index (κ2) is 8.13. The Morgan fingerprint density at radius 1 is 1.05 bits per heavy atom. The number of rotatable bonds is 6. The second-order valence-electron chi connectivity index (χ2n) is 5.08. The van der Waals surface area contributed by atoms with E-state index in [-0.39, 0.29) is 18.6 Å². The van der Waals surface area contributed by atoms with Crippen molar-refractivity contribution in [1.29, 1.82) is 0 Å². The van der Waals surface area contributed by atoms with E-state index in [0.29, 0.717) is 12.1 Å². The average molecular weight is 295 g/mol. The van der Waals surface area contributed by atoms with Crippen LogP contribution in [0.1, 0.15) is 37.4 Å². The zero-order valence-corrected chi connectivity index (χ0v) is 13.0. The highest BCUT2D eigenvalue weighted by Crippen LogP contribution is 2.17. The van der Waals surface area contributed by atoms with Gasteiger partial charge in [0.25, 0.3) is 0 Å². The summed E-state index contributed by atoms with van der Waals surface area (Å²) in [4.78, 5) is 16.7. The molecule has 0 aliphatic heterocycles. The minimum absolute atomic E-state index is 0.0552. The number of hydrogen-bond donors (Lipinski definition) is 0. The molecule has 3 heteroatoms. The highest BCUT2D eigenvalue weighted by atomic mass is 16.5. The van der Waals surface area contributed by atoms with Crippen molar-refractivity contribution in [3.05, 3.63) is 71.8 Å². The molecular formula is C19H21NO2. The second-order valence-corrected chi connectivity index (χ2v) is 5.08. The Kier molecular flexibility index (Phi) is 5.90. The smallest absolute Gasteiger partial charge is 0.352 e. The van der Waals surface area contributed by atoms with Gasteiger partial charge in [-0.15, -0.1) is 0 Å². The van der Waals surface area contributed by atoms with Crippen LogP contribution < -0.4 is 0 Å². The van der Waals surface area contributed by atoms with Crippen LogP contribution in [0.15, 0.2) is 65.7 Å². The van der Waals surface area contributed by atoms with Crippen LogP contribution in [-0.4, -0.2) is 11.7 Å². The number of aliphatic imine (C=N–C) groups is 1. The topological polar surface area (TPSA) is 38.7 Å². The summed E-state index contributed by atoms with van der Waals surface area (Å²) in [5.41, 5.74) is 2.54. The van der Waals surface area contributed by atoms with Crippen molar-refractivity contribution in [3.8, 4) is 0 Å². The van der Waals surface area contributed by atoms with E-state index < -0.39 is 0 Å². The molecule has 0 bridgehead atoms. The minimum Gasteiger partial charge on any atom is -0.456 e. The van der Waals surface area contributed by atoms with E-state index in [4.69, 9.17) is 4.74 Å². The molecule has 1 atom stereocenters.